The second kappa shape index (κ2) is 6.10. The maximum absolute atomic E-state index is 12.0. The molecule has 0 fully saturated rings. The van der Waals surface area contributed by atoms with Crippen LogP contribution in [0.25, 0.3) is 0 Å². The molecule has 0 aliphatic heterocycles. The molecule has 1 aromatic heterocycles. The summed E-state index contributed by atoms with van der Waals surface area (Å²) in [7, 11) is 0. The van der Waals surface area contributed by atoms with Crippen LogP contribution in [0.15, 0.2) is 36.9 Å². The third-order valence-electron chi connectivity index (χ3n) is 2.81. The van der Waals surface area contributed by atoms with Gasteiger partial charge in [0.1, 0.15) is 0 Å². The Morgan fingerprint density at radius 3 is 2.70 bits per heavy atom. The molecule has 1 aromatic carbocycles. The minimum atomic E-state index is -0.251. The Hall–Kier alpha value is -2.50. The quantitative estimate of drug-likeness (QED) is 0.846. The van der Waals surface area contributed by atoms with Gasteiger partial charge in [-0.1, -0.05) is 37.2 Å². The fourth-order valence-electron chi connectivity index (χ4n) is 1.68. The molecule has 6 heteroatoms. The smallest absolute Gasteiger partial charge is 0.270 e. The number of nitrogens with zero attached hydrogens (tertiary/aromatic N) is 4. The van der Waals surface area contributed by atoms with E-state index in [0.717, 1.165) is 0 Å². The van der Waals surface area contributed by atoms with Gasteiger partial charge >= 0.3 is 0 Å². The van der Waals surface area contributed by atoms with Gasteiger partial charge in [-0.25, -0.2) is 0 Å². The molecular formula is C14H17N5O. The summed E-state index contributed by atoms with van der Waals surface area (Å²) >= 11 is 0. The second-order valence-electron chi connectivity index (χ2n) is 4.69. The lowest BCUT2D eigenvalue weighted by molar-refractivity contribution is 0.102. The van der Waals surface area contributed by atoms with Crippen molar-refractivity contribution in [1.82, 2.24) is 20.2 Å². The van der Waals surface area contributed by atoms with Crippen molar-refractivity contribution in [2.45, 2.75) is 26.3 Å². The fraction of sp³-hybridized carbons (Fsp3) is 0.286. The predicted octanol–water partition coefficient (Wildman–Crippen LogP) is 2.23. The molecule has 0 aliphatic rings. The van der Waals surface area contributed by atoms with Crippen molar-refractivity contribution in [3.05, 3.63) is 48.0 Å². The summed E-state index contributed by atoms with van der Waals surface area (Å²) in [5, 5.41) is 14.1. The molecule has 0 atom stereocenters. The van der Waals surface area contributed by atoms with Crippen LogP contribution in [0.3, 0.4) is 0 Å². The Balaban J connectivity index is 2.05. The molecule has 0 unspecified atom stereocenters. The van der Waals surface area contributed by atoms with E-state index < -0.39 is 0 Å². The van der Waals surface area contributed by atoms with Crippen molar-refractivity contribution in [2.75, 3.05) is 5.32 Å². The zero-order valence-electron chi connectivity index (χ0n) is 11.6. The second-order valence-corrected chi connectivity index (χ2v) is 4.69. The van der Waals surface area contributed by atoms with Gasteiger partial charge in [-0.05, 0) is 28.8 Å². The molecule has 0 saturated carbocycles. The van der Waals surface area contributed by atoms with Crippen molar-refractivity contribution in [1.29, 1.82) is 0 Å². The van der Waals surface area contributed by atoms with Crippen LogP contribution in [0.5, 0.6) is 0 Å². The number of benzene rings is 1. The van der Waals surface area contributed by atoms with Gasteiger partial charge in [0, 0.05) is 5.56 Å². The standard InChI is InChI=1S/C14H17N5O/c1-4-9-19-17-14(16-18-19)15-13(20)12-7-5-11(6-8-12)10(2)3/h4-8,10H,1,9H2,2-3H3,(H,15,17,20). The van der Waals surface area contributed by atoms with Gasteiger partial charge in [-0.15, -0.1) is 11.7 Å². The Kier molecular flexibility index (Phi) is 4.24. The number of aromatic nitrogens is 4. The summed E-state index contributed by atoms with van der Waals surface area (Å²) < 4.78 is 0. The molecule has 1 N–H and O–H groups in total. The molecule has 0 spiro atoms. The SMILES string of the molecule is C=CCn1nnc(NC(=O)c2ccc(C(C)C)cc2)n1. The van der Waals surface area contributed by atoms with E-state index in [-0.39, 0.29) is 11.9 Å². The van der Waals surface area contributed by atoms with E-state index in [2.05, 4.69) is 41.2 Å². The van der Waals surface area contributed by atoms with Crippen LogP contribution < -0.4 is 5.32 Å². The van der Waals surface area contributed by atoms with Gasteiger partial charge in [0.2, 0.25) is 0 Å². The lowest BCUT2D eigenvalue weighted by Crippen LogP contribution is -2.13. The maximum Gasteiger partial charge on any atom is 0.270 e. The Labute approximate surface area is 117 Å². The summed E-state index contributed by atoms with van der Waals surface area (Å²) in [6.07, 6.45) is 1.65. The Bertz CT molecular complexity index is 600. The molecule has 0 aliphatic carbocycles. The van der Waals surface area contributed by atoms with Crippen LogP contribution >= 0.6 is 0 Å². The van der Waals surface area contributed by atoms with Crippen LogP contribution in [-0.2, 0) is 6.54 Å². The molecule has 0 radical (unpaired) electrons. The number of carbonyl (C=O) groups is 1. The van der Waals surface area contributed by atoms with Gasteiger partial charge in [-0.2, -0.15) is 4.80 Å². The first-order valence-corrected chi connectivity index (χ1v) is 6.40. The highest BCUT2D eigenvalue weighted by Crippen LogP contribution is 2.15. The number of carbonyl (C=O) groups excluding carboxylic acids is 1. The zero-order valence-corrected chi connectivity index (χ0v) is 11.6. The minimum Gasteiger partial charge on any atom is -0.288 e. The van der Waals surface area contributed by atoms with Gasteiger partial charge in [-0.3, -0.25) is 10.1 Å². The lowest BCUT2D eigenvalue weighted by Gasteiger charge is -2.06. The van der Waals surface area contributed by atoms with Crippen molar-refractivity contribution in [3.8, 4) is 0 Å². The average molecular weight is 271 g/mol. The van der Waals surface area contributed by atoms with Crippen LogP contribution in [0, 0.1) is 0 Å². The molecule has 1 amide bonds. The highest BCUT2D eigenvalue weighted by molar-refractivity contribution is 6.03. The van der Waals surface area contributed by atoms with Gasteiger partial charge in [0.05, 0.1) is 6.54 Å². The molecule has 1 heterocycles. The van der Waals surface area contributed by atoms with Crippen molar-refractivity contribution in [2.24, 2.45) is 0 Å². The summed E-state index contributed by atoms with van der Waals surface area (Å²) in [5.74, 6) is 0.371. The first-order chi connectivity index (χ1) is 9.60. The number of nitrogens with one attached hydrogen (secondary N) is 1. The number of allylic oxidation sites excluding steroid dienone is 1. The van der Waals surface area contributed by atoms with E-state index in [4.69, 9.17) is 0 Å². The average Bonchev–Trinajstić information content (AvgIpc) is 2.86. The van der Waals surface area contributed by atoms with Crippen molar-refractivity contribution < 1.29 is 4.79 Å². The van der Waals surface area contributed by atoms with E-state index in [9.17, 15) is 4.79 Å². The van der Waals surface area contributed by atoms with Crippen molar-refractivity contribution in [3.63, 3.8) is 0 Å². The molecule has 104 valence electrons. The topological polar surface area (TPSA) is 72.7 Å². The van der Waals surface area contributed by atoms with E-state index >= 15 is 0 Å². The first-order valence-electron chi connectivity index (χ1n) is 6.40. The van der Waals surface area contributed by atoms with Crippen LogP contribution in [0.1, 0.15) is 35.7 Å². The monoisotopic (exact) mass is 271 g/mol. The summed E-state index contributed by atoms with van der Waals surface area (Å²) in [6, 6.07) is 7.47. The van der Waals surface area contributed by atoms with Crippen LogP contribution in [-0.4, -0.2) is 26.1 Å². The number of rotatable bonds is 5. The molecule has 6 nitrogen and oxygen atoms in total. The highest BCUT2D eigenvalue weighted by atomic mass is 16.1. The third kappa shape index (κ3) is 3.28. The lowest BCUT2D eigenvalue weighted by atomic mass is 10.0. The van der Waals surface area contributed by atoms with Crippen LogP contribution in [0.4, 0.5) is 5.95 Å². The third-order valence-corrected chi connectivity index (χ3v) is 2.81. The van der Waals surface area contributed by atoms with Crippen LogP contribution in [0.2, 0.25) is 0 Å². The Morgan fingerprint density at radius 2 is 2.10 bits per heavy atom. The summed E-state index contributed by atoms with van der Waals surface area (Å²) in [5.41, 5.74) is 1.76. The predicted molar refractivity (Wildman–Crippen MR) is 76.5 cm³/mol. The van der Waals surface area contributed by atoms with Gasteiger partial charge in [0.15, 0.2) is 0 Å². The normalized spacial score (nSPS) is 10.6. The van der Waals surface area contributed by atoms with E-state index in [1.54, 1.807) is 18.2 Å². The van der Waals surface area contributed by atoms with Crippen molar-refractivity contribution >= 4 is 11.9 Å². The molecule has 2 aromatic rings. The molecule has 0 bridgehead atoms. The molecule has 0 saturated heterocycles. The number of tetrazole rings is 1. The Morgan fingerprint density at radius 1 is 1.40 bits per heavy atom. The number of hydrogen-bond donors (Lipinski definition) is 1. The van der Waals surface area contributed by atoms with Gasteiger partial charge in [0.25, 0.3) is 11.9 Å². The number of amides is 1. The molecule has 2 rings (SSSR count). The molecular weight excluding hydrogens is 254 g/mol. The summed E-state index contributed by atoms with van der Waals surface area (Å²) in [4.78, 5) is 13.4. The van der Waals surface area contributed by atoms with Gasteiger partial charge < -0.3 is 0 Å². The minimum absolute atomic E-state index is 0.185. The fourth-order valence-corrected chi connectivity index (χ4v) is 1.68. The molecule has 20 heavy (non-hydrogen) atoms. The zero-order chi connectivity index (χ0) is 14.5. The van der Waals surface area contributed by atoms with E-state index in [1.807, 2.05) is 12.1 Å². The number of anilines is 1. The highest BCUT2D eigenvalue weighted by Gasteiger charge is 2.10. The maximum atomic E-state index is 12.0. The van der Waals surface area contributed by atoms with E-state index in [1.165, 1.54) is 10.4 Å². The first kappa shape index (κ1) is 13.9. The van der Waals surface area contributed by atoms with E-state index in [0.29, 0.717) is 18.0 Å². The number of hydrogen-bond acceptors (Lipinski definition) is 4. The summed E-state index contributed by atoms with van der Waals surface area (Å²) in [6.45, 7) is 8.25. The largest absolute Gasteiger partial charge is 0.288 e.